The first-order valence-electron chi connectivity index (χ1n) is 6.99. The van der Waals surface area contributed by atoms with E-state index >= 15 is 0 Å². The molecule has 2 N–H and O–H groups in total. The smallest absolute Gasteiger partial charge is 0.0574 e. The number of nitrogen functional groups attached to an aromatic ring is 1. The predicted molar refractivity (Wildman–Crippen MR) is 84.2 cm³/mol. The lowest BCUT2D eigenvalue weighted by molar-refractivity contribution is 0.682. The lowest BCUT2D eigenvalue weighted by Gasteiger charge is -2.09. The number of aryl methyl sites for hydroxylation is 2. The van der Waals surface area contributed by atoms with Crippen LogP contribution < -0.4 is 5.73 Å². The second-order valence-corrected chi connectivity index (χ2v) is 6.86. The van der Waals surface area contributed by atoms with Gasteiger partial charge in [0.1, 0.15) is 0 Å². The highest BCUT2D eigenvalue weighted by Gasteiger charge is 2.14. The monoisotopic (exact) mass is 285 g/mol. The highest BCUT2D eigenvalue weighted by atomic mass is 32.2. The molecular weight excluding hydrogens is 266 g/mol. The fourth-order valence-electron chi connectivity index (χ4n) is 2.77. The molecule has 1 aliphatic carbocycles. The molecule has 1 aliphatic rings. The maximum Gasteiger partial charge on any atom is 0.0574 e. The Bertz CT molecular complexity index is 679. The Morgan fingerprint density at radius 3 is 2.80 bits per heavy atom. The first kappa shape index (κ1) is 13.4. The molecule has 104 valence electrons. The number of hydrogen-bond acceptors (Lipinski definition) is 2. The van der Waals surface area contributed by atoms with E-state index in [9.17, 15) is 4.21 Å². The van der Waals surface area contributed by atoms with Gasteiger partial charge in [0.05, 0.1) is 16.6 Å². The maximum atomic E-state index is 12.5. The summed E-state index contributed by atoms with van der Waals surface area (Å²) in [5, 5.41) is 0. The second-order valence-electron chi connectivity index (χ2n) is 5.41. The zero-order chi connectivity index (χ0) is 14.1. The second kappa shape index (κ2) is 5.41. The minimum absolute atomic E-state index is 0.537. The van der Waals surface area contributed by atoms with Crippen LogP contribution in [0.5, 0.6) is 0 Å². The van der Waals surface area contributed by atoms with Crippen LogP contribution in [-0.4, -0.2) is 4.21 Å². The molecule has 3 heteroatoms. The lowest BCUT2D eigenvalue weighted by atomic mass is 10.1. The Balaban J connectivity index is 1.84. The van der Waals surface area contributed by atoms with Crippen molar-refractivity contribution in [3.05, 3.63) is 58.7 Å². The first-order chi connectivity index (χ1) is 9.65. The molecule has 0 heterocycles. The molecule has 20 heavy (non-hydrogen) atoms. The number of nitrogens with two attached hydrogens (primary N) is 1. The number of benzene rings is 2. The van der Waals surface area contributed by atoms with Gasteiger partial charge < -0.3 is 5.73 Å². The largest absolute Gasteiger partial charge is 0.399 e. The normalized spacial score (nSPS) is 15.1. The quantitative estimate of drug-likeness (QED) is 0.879. The summed E-state index contributed by atoms with van der Waals surface area (Å²) in [4.78, 5) is 0.937. The summed E-state index contributed by atoms with van der Waals surface area (Å²) in [6, 6.07) is 12.1. The Hall–Kier alpha value is -1.61. The molecule has 0 bridgehead atoms. The van der Waals surface area contributed by atoms with Gasteiger partial charge in [0.15, 0.2) is 0 Å². The van der Waals surface area contributed by atoms with Crippen molar-refractivity contribution in [3.8, 4) is 0 Å². The van der Waals surface area contributed by atoms with Crippen molar-refractivity contribution in [1.82, 2.24) is 0 Å². The van der Waals surface area contributed by atoms with E-state index in [1.54, 1.807) is 0 Å². The van der Waals surface area contributed by atoms with Crippen LogP contribution >= 0.6 is 0 Å². The van der Waals surface area contributed by atoms with Crippen LogP contribution in [-0.2, 0) is 29.4 Å². The highest BCUT2D eigenvalue weighted by molar-refractivity contribution is 7.84. The van der Waals surface area contributed by atoms with Crippen molar-refractivity contribution >= 4 is 16.5 Å². The van der Waals surface area contributed by atoms with E-state index in [-0.39, 0.29) is 0 Å². The van der Waals surface area contributed by atoms with Crippen LogP contribution in [0.4, 0.5) is 5.69 Å². The van der Waals surface area contributed by atoms with E-state index in [0.717, 1.165) is 34.6 Å². The summed E-state index contributed by atoms with van der Waals surface area (Å²) >= 11 is 0. The summed E-state index contributed by atoms with van der Waals surface area (Å²) in [6.45, 7) is 1.99. The molecule has 2 nitrogen and oxygen atoms in total. The molecule has 3 rings (SSSR count). The average molecular weight is 285 g/mol. The van der Waals surface area contributed by atoms with Gasteiger partial charge in [0.2, 0.25) is 0 Å². The minimum Gasteiger partial charge on any atom is -0.399 e. The van der Waals surface area contributed by atoms with Crippen LogP contribution in [0.15, 0.2) is 41.3 Å². The molecule has 0 aliphatic heterocycles. The summed E-state index contributed by atoms with van der Waals surface area (Å²) < 4.78 is 12.5. The fraction of sp³-hybridized carbons (Fsp3) is 0.294. The molecule has 0 aromatic heterocycles. The molecule has 0 saturated carbocycles. The van der Waals surface area contributed by atoms with E-state index in [4.69, 9.17) is 5.73 Å². The van der Waals surface area contributed by atoms with E-state index in [2.05, 4.69) is 12.1 Å². The Morgan fingerprint density at radius 1 is 1.15 bits per heavy atom. The molecule has 1 unspecified atom stereocenters. The van der Waals surface area contributed by atoms with Crippen molar-refractivity contribution in [3.63, 3.8) is 0 Å². The van der Waals surface area contributed by atoms with Gasteiger partial charge in [-0.2, -0.15) is 0 Å². The Kier molecular flexibility index (Phi) is 3.62. The summed E-state index contributed by atoms with van der Waals surface area (Å²) in [6.07, 6.45) is 3.51. The summed E-state index contributed by atoms with van der Waals surface area (Å²) in [7, 11) is -1.00. The number of hydrogen-bond donors (Lipinski definition) is 1. The molecule has 0 saturated heterocycles. The molecular formula is C17H19NOS. The topological polar surface area (TPSA) is 43.1 Å². The van der Waals surface area contributed by atoms with Gasteiger partial charge in [-0.25, -0.2) is 0 Å². The van der Waals surface area contributed by atoms with E-state index < -0.39 is 10.8 Å². The Labute approximate surface area is 122 Å². The molecule has 1 atom stereocenters. The fourth-order valence-corrected chi connectivity index (χ4v) is 4.03. The minimum atomic E-state index is -1.00. The summed E-state index contributed by atoms with van der Waals surface area (Å²) in [5.74, 6) is 0.537. The lowest BCUT2D eigenvalue weighted by Crippen LogP contribution is -2.01. The molecule has 2 aromatic carbocycles. The van der Waals surface area contributed by atoms with Crippen molar-refractivity contribution in [2.24, 2.45) is 0 Å². The van der Waals surface area contributed by atoms with Crippen molar-refractivity contribution in [2.45, 2.75) is 36.8 Å². The van der Waals surface area contributed by atoms with Crippen LogP contribution in [0, 0.1) is 6.92 Å². The average Bonchev–Trinajstić information content (AvgIpc) is 2.91. The van der Waals surface area contributed by atoms with Gasteiger partial charge >= 0.3 is 0 Å². The van der Waals surface area contributed by atoms with Gasteiger partial charge in [0, 0.05) is 10.6 Å². The van der Waals surface area contributed by atoms with E-state index in [0.29, 0.717) is 5.75 Å². The van der Waals surface area contributed by atoms with Crippen molar-refractivity contribution in [1.29, 1.82) is 0 Å². The zero-order valence-corrected chi connectivity index (χ0v) is 12.5. The third kappa shape index (κ3) is 2.50. The number of fused-ring (bicyclic) bond motifs is 1. The molecule has 2 aromatic rings. The Morgan fingerprint density at radius 2 is 1.95 bits per heavy atom. The third-order valence-electron chi connectivity index (χ3n) is 4.11. The van der Waals surface area contributed by atoms with E-state index in [1.165, 1.54) is 17.5 Å². The number of anilines is 1. The van der Waals surface area contributed by atoms with Crippen molar-refractivity contribution in [2.75, 3.05) is 5.73 Å². The molecule has 0 fully saturated rings. The highest BCUT2D eigenvalue weighted by Crippen LogP contribution is 2.26. The first-order valence-corrected chi connectivity index (χ1v) is 8.31. The van der Waals surface area contributed by atoms with Crippen LogP contribution in [0.3, 0.4) is 0 Å². The van der Waals surface area contributed by atoms with Crippen LogP contribution in [0.25, 0.3) is 0 Å². The van der Waals surface area contributed by atoms with Gasteiger partial charge in [-0.15, -0.1) is 0 Å². The number of rotatable bonds is 3. The molecule has 0 spiro atoms. The predicted octanol–water partition coefficient (Wildman–Crippen LogP) is 3.37. The van der Waals surface area contributed by atoms with Gasteiger partial charge in [-0.1, -0.05) is 18.2 Å². The molecule has 0 amide bonds. The van der Waals surface area contributed by atoms with Gasteiger partial charge in [0.25, 0.3) is 0 Å². The third-order valence-corrected chi connectivity index (χ3v) is 5.46. The standard InChI is InChI=1S/C17H19NOS/c1-12-15(6-3-7-17(12)18)11-20(19)16-9-8-13-4-2-5-14(13)10-16/h3,6-10H,2,4-5,11,18H2,1H3. The SMILES string of the molecule is Cc1c(N)cccc1CS(=O)c1ccc2c(c1)CCC2. The van der Waals surface area contributed by atoms with Crippen LogP contribution in [0.1, 0.15) is 28.7 Å². The van der Waals surface area contributed by atoms with Gasteiger partial charge in [-0.05, 0) is 66.6 Å². The maximum absolute atomic E-state index is 12.5. The van der Waals surface area contributed by atoms with Crippen LogP contribution in [0.2, 0.25) is 0 Å². The summed E-state index contributed by atoms with van der Waals surface area (Å²) in [5.41, 5.74) is 11.6. The zero-order valence-electron chi connectivity index (χ0n) is 11.7. The van der Waals surface area contributed by atoms with Gasteiger partial charge in [-0.3, -0.25) is 4.21 Å². The van der Waals surface area contributed by atoms with Crippen molar-refractivity contribution < 1.29 is 4.21 Å². The molecule has 0 radical (unpaired) electrons. The van der Waals surface area contributed by atoms with E-state index in [1.807, 2.05) is 31.2 Å².